The van der Waals surface area contributed by atoms with Crippen LogP contribution < -0.4 is 15.4 Å². The highest BCUT2D eigenvalue weighted by molar-refractivity contribution is 6.03. The van der Waals surface area contributed by atoms with Gasteiger partial charge in [0, 0.05) is 11.9 Å². The number of amides is 1. The van der Waals surface area contributed by atoms with Crippen molar-refractivity contribution in [2.75, 3.05) is 17.7 Å². The molecule has 0 aliphatic rings. The highest BCUT2D eigenvalue weighted by Gasteiger charge is 2.15. The fraction of sp³-hybridized carbons (Fsp3) is 0.0526. The summed E-state index contributed by atoms with van der Waals surface area (Å²) in [4.78, 5) is 16.2. The maximum absolute atomic E-state index is 13.7. The molecule has 0 aliphatic carbocycles. The van der Waals surface area contributed by atoms with Crippen LogP contribution in [0.2, 0.25) is 0 Å². The van der Waals surface area contributed by atoms with Crippen LogP contribution in [0.4, 0.5) is 25.8 Å². The Morgan fingerprint density at radius 3 is 2.50 bits per heavy atom. The molecule has 1 aromatic heterocycles. The third kappa shape index (κ3) is 3.77. The first-order chi connectivity index (χ1) is 12.6. The van der Waals surface area contributed by atoms with Crippen LogP contribution in [0.3, 0.4) is 0 Å². The van der Waals surface area contributed by atoms with Crippen LogP contribution in [0.1, 0.15) is 10.5 Å². The molecule has 0 saturated carbocycles. The Bertz CT molecular complexity index is 927. The number of carbonyl (C=O) groups is 1. The Balaban J connectivity index is 1.82. The first kappa shape index (κ1) is 17.3. The van der Waals surface area contributed by atoms with Gasteiger partial charge in [0.05, 0.1) is 12.8 Å². The lowest BCUT2D eigenvalue weighted by Gasteiger charge is -2.12. The molecule has 0 bridgehead atoms. The van der Waals surface area contributed by atoms with E-state index in [1.807, 2.05) is 18.2 Å². The zero-order valence-electron chi connectivity index (χ0n) is 13.8. The molecule has 0 aliphatic heterocycles. The second-order valence-electron chi connectivity index (χ2n) is 5.31. The number of benzene rings is 2. The summed E-state index contributed by atoms with van der Waals surface area (Å²) in [6, 6.07) is 13.7. The molecule has 132 valence electrons. The number of rotatable bonds is 5. The van der Waals surface area contributed by atoms with Crippen molar-refractivity contribution in [3.8, 4) is 5.75 Å². The summed E-state index contributed by atoms with van der Waals surface area (Å²) >= 11 is 0. The molecule has 0 spiro atoms. The lowest BCUT2D eigenvalue weighted by molar-refractivity contribution is 0.102. The average Bonchev–Trinajstić information content (AvgIpc) is 2.65. The maximum atomic E-state index is 13.7. The number of anilines is 3. The van der Waals surface area contributed by atoms with E-state index in [2.05, 4.69) is 15.6 Å². The lowest BCUT2D eigenvalue weighted by Crippen LogP contribution is -2.16. The highest BCUT2D eigenvalue weighted by atomic mass is 19.1. The van der Waals surface area contributed by atoms with Crippen molar-refractivity contribution in [2.45, 2.75) is 0 Å². The maximum Gasteiger partial charge on any atom is 0.274 e. The number of nitrogens with one attached hydrogen (secondary N) is 2. The number of halogens is 2. The molecule has 3 aromatic rings. The van der Waals surface area contributed by atoms with Gasteiger partial charge in [-0.25, -0.2) is 8.78 Å². The van der Waals surface area contributed by atoms with Gasteiger partial charge in [0.15, 0.2) is 0 Å². The van der Waals surface area contributed by atoms with Gasteiger partial charge in [0.1, 0.15) is 28.8 Å². The number of aromatic nitrogens is 1. The van der Waals surface area contributed by atoms with Gasteiger partial charge in [-0.1, -0.05) is 18.2 Å². The van der Waals surface area contributed by atoms with E-state index in [1.54, 1.807) is 19.2 Å². The Morgan fingerprint density at radius 2 is 1.77 bits per heavy atom. The Labute approximate surface area is 148 Å². The summed E-state index contributed by atoms with van der Waals surface area (Å²) in [6.07, 6.45) is 1.42. The normalized spacial score (nSPS) is 10.3. The van der Waals surface area contributed by atoms with Gasteiger partial charge >= 0.3 is 0 Å². The first-order valence-electron chi connectivity index (χ1n) is 7.70. The summed E-state index contributed by atoms with van der Waals surface area (Å²) in [5.41, 5.74) is 0.770. The number of methoxy groups -OCH3 is 1. The highest BCUT2D eigenvalue weighted by Crippen LogP contribution is 2.27. The summed E-state index contributed by atoms with van der Waals surface area (Å²) in [6.45, 7) is 0. The third-order valence-electron chi connectivity index (χ3n) is 3.58. The monoisotopic (exact) mass is 355 g/mol. The summed E-state index contributed by atoms with van der Waals surface area (Å²) in [5, 5.41) is 5.32. The van der Waals surface area contributed by atoms with Crippen LogP contribution in [-0.4, -0.2) is 18.0 Å². The van der Waals surface area contributed by atoms with E-state index in [-0.39, 0.29) is 5.69 Å². The minimum absolute atomic E-state index is 0.00699. The van der Waals surface area contributed by atoms with Gasteiger partial charge in [-0.05, 0) is 36.4 Å². The second-order valence-corrected chi connectivity index (χ2v) is 5.31. The molecule has 1 amide bonds. The molecular weight excluding hydrogens is 340 g/mol. The molecule has 2 aromatic carbocycles. The molecule has 1 heterocycles. The zero-order valence-corrected chi connectivity index (χ0v) is 13.8. The molecular formula is C19H15F2N3O2. The molecule has 0 radical (unpaired) electrons. The van der Waals surface area contributed by atoms with Gasteiger partial charge in [-0.2, -0.15) is 0 Å². The number of nitrogens with zero attached hydrogens (tertiary/aromatic N) is 1. The van der Waals surface area contributed by atoms with Gasteiger partial charge in [0.25, 0.3) is 5.91 Å². The largest absolute Gasteiger partial charge is 0.495 e. The van der Waals surface area contributed by atoms with E-state index in [0.717, 1.165) is 12.1 Å². The van der Waals surface area contributed by atoms with Crippen LogP contribution in [0.15, 0.2) is 60.8 Å². The molecule has 0 unspecified atom stereocenters. The molecule has 0 atom stereocenters. The fourth-order valence-electron chi connectivity index (χ4n) is 2.33. The van der Waals surface area contributed by atoms with Crippen molar-refractivity contribution in [3.63, 3.8) is 0 Å². The summed E-state index contributed by atoms with van der Waals surface area (Å²) in [7, 11) is 1.55. The summed E-state index contributed by atoms with van der Waals surface area (Å²) in [5.74, 6) is -1.82. The standard InChI is InChI=1S/C19H15F2N3O2/c1-26-17-8-3-2-7-15(17)23-12-9-10-22-16(11-12)19(25)24-18-13(20)5-4-6-14(18)21/h2-11H,1H3,(H,22,23)(H,24,25). The van der Waals surface area contributed by atoms with E-state index < -0.39 is 23.2 Å². The Hall–Kier alpha value is -3.48. The van der Waals surface area contributed by atoms with Gasteiger partial charge in [0.2, 0.25) is 0 Å². The van der Waals surface area contributed by atoms with Crippen LogP contribution in [0, 0.1) is 11.6 Å². The predicted octanol–water partition coefficient (Wildman–Crippen LogP) is 4.36. The smallest absolute Gasteiger partial charge is 0.274 e. The molecule has 5 nitrogen and oxygen atoms in total. The summed E-state index contributed by atoms with van der Waals surface area (Å²) < 4.78 is 32.6. The van der Waals surface area contributed by atoms with Crippen LogP contribution in [0.5, 0.6) is 5.75 Å². The topological polar surface area (TPSA) is 63.2 Å². The van der Waals surface area contributed by atoms with Crippen molar-refractivity contribution < 1.29 is 18.3 Å². The Morgan fingerprint density at radius 1 is 1.04 bits per heavy atom. The van der Waals surface area contributed by atoms with Gasteiger partial charge in [-0.3, -0.25) is 9.78 Å². The van der Waals surface area contributed by atoms with E-state index in [1.165, 1.54) is 18.3 Å². The molecule has 2 N–H and O–H groups in total. The van der Waals surface area contributed by atoms with E-state index in [0.29, 0.717) is 17.1 Å². The fourth-order valence-corrected chi connectivity index (χ4v) is 2.33. The first-order valence-corrected chi connectivity index (χ1v) is 7.70. The third-order valence-corrected chi connectivity index (χ3v) is 3.58. The van der Waals surface area contributed by atoms with Crippen molar-refractivity contribution in [2.24, 2.45) is 0 Å². The van der Waals surface area contributed by atoms with Gasteiger partial charge < -0.3 is 15.4 Å². The average molecular weight is 355 g/mol. The van der Waals surface area contributed by atoms with Crippen molar-refractivity contribution in [3.05, 3.63) is 78.1 Å². The minimum Gasteiger partial charge on any atom is -0.495 e. The molecule has 0 fully saturated rings. The van der Waals surface area contributed by atoms with E-state index >= 15 is 0 Å². The minimum atomic E-state index is -0.860. The second kappa shape index (κ2) is 7.60. The van der Waals surface area contributed by atoms with E-state index in [9.17, 15) is 13.6 Å². The molecule has 0 saturated heterocycles. The number of hydrogen-bond donors (Lipinski definition) is 2. The van der Waals surface area contributed by atoms with Crippen molar-refractivity contribution >= 4 is 23.0 Å². The predicted molar refractivity (Wildman–Crippen MR) is 94.8 cm³/mol. The van der Waals surface area contributed by atoms with Crippen molar-refractivity contribution in [1.82, 2.24) is 4.98 Å². The SMILES string of the molecule is COc1ccccc1Nc1ccnc(C(=O)Nc2c(F)cccc2F)c1. The quantitative estimate of drug-likeness (QED) is 0.714. The van der Waals surface area contributed by atoms with Crippen LogP contribution in [0.25, 0.3) is 0 Å². The number of ether oxygens (including phenoxy) is 1. The molecule has 7 heteroatoms. The van der Waals surface area contributed by atoms with E-state index in [4.69, 9.17) is 4.74 Å². The van der Waals surface area contributed by atoms with Crippen LogP contribution in [-0.2, 0) is 0 Å². The Kier molecular flexibility index (Phi) is 5.07. The molecule has 3 rings (SSSR count). The van der Waals surface area contributed by atoms with Crippen molar-refractivity contribution in [1.29, 1.82) is 0 Å². The number of para-hydroxylation sites is 3. The number of carbonyl (C=O) groups excluding carboxylic acids is 1. The lowest BCUT2D eigenvalue weighted by atomic mass is 10.2. The van der Waals surface area contributed by atoms with Gasteiger partial charge in [-0.15, -0.1) is 0 Å². The van der Waals surface area contributed by atoms with Crippen LogP contribution >= 0.6 is 0 Å². The molecule has 26 heavy (non-hydrogen) atoms. The number of pyridine rings is 1. The zero-order chi connectivity index (χ0) is 18.5. The number of hydrogen-bond acceptors (Lipinski definition) is 4.